The van der Waals surface area contributed by atoms with Gasteiger partial charge in [0.2, 0.25) is 0 Å². The Balaban J connectivity index is 1.32. The molecule has 0 aliphatic carbocycles. The number of benzene rings is 1. The number of aromatic amines is 1. The van der Waals surface area contributed by atoms with E-state index in [4.69, 9.17) is 0 Å². The normalized spacial score (nSPS) is 11.1. The highest BCUT2D eigenvalue weighted by Gasteiger charge is 2.15. The average Bonchev–Trinajstić information content (AvgIpc) is 3.36. The smallest absolute Gasteiger partial charge is 0.263 e. The number of para-hydroxylation sites is 2. The van der Waals surface area contributed by atoms with Crippen LogP contribution in [0.5, 0.6) is 0 Å². The second-order valence-corrected chi connectivity index (χ2v) is 7.04. The number of carbonyl (C=O) groups is 1. The Bertz CT molecular complexity index is 999. The lowest BCUT2D eigenvalue weighted by molar-refractivity contribution is 0.0956. The van der Waals surface area contributed by atoms with Gasteiger partial charge in [-0.25, -0.2) is 9.97 Å². The molecular formula is C19H19N5OS. The lowest BCUT2D eigenvalue weighted by atomic mass is 10.3. The molecule has 26 heavy (non-hydrogen) atoms. The van der Waals surface area contributed by atoms with Crippen LogP contribution in [0.25, 0.3) is 16.2 Å². The fourth-order valence-corrected chi connectivity index (χ4v) is 3.78. The van der Waals surface area contributed by atoms with Gasteiger partial charge in [0.05, 0.1) is 16.7 Å². The van der Waals surface area contributed by atoms with E-state index in [9.17, 15) is 4.79 Å². The van der Waals surface area contributed by atoms with Crippen LogP contribution in [0.2, 0.25) is 0 Å². The molecule has 0 unspecified atom stereocenters. The number of nitrogens with zero attached hydrogens (tertiary/aromatic N) is 3. The minimum absolute atomic E-state index is 0.0667. The molecule has 4 rings (SSSR count). The van der Waals surface area contributed by atoms with Crippen LogP contribution in [0.4, 0.5) is 0 Å². The first-order chi connectivity index (χ1) is 12.7. The van der Waals surface area contributed by atoms with Crippen LogP contribution >= 0.6 is 11.3 Å². The Hall–Kier alpha value is -2.93. The standard InChI is InChI=1S/C19H19N5OS/c1-13-17(26-19(21-13)24-11-4-5-12-24)18(25)20-10-6-9-16-22-14-7-2-3-8-15(14)23-16/h2-5,7-8,11-12H,6,9-10H2,1H3,(H,20,25)(H,22,23). The van der Waals surface area contributed by atoms with Gasteiger partial charge in [0.25, 0.3) is 5.91 Å². The summed E-state index contributed by atoms with van der Waals surface area (Å²) in [5.74, 6) is 0.882. The van der Waals surface area contributed by atoms with Crippen molar-refractivity contribution < 1.29 is 4.79 Å². The Morgan fingerprint density at radius 2 is 2.00 bits per heavy atom. The lowest BCUT2D eigenvalue weighted by Gasteiger charge is -2.03. The fraction of sp³-hybridized carbons (Fsp3) is 0.211. The predicted octanol–water partition coefficient (Wildman–Crippen LogP) is 3.48. The van der Waals surface area contributed by atoms with Crippen molar-refractivity contribution in [1.29, 1.82) is 0 Å². The highest BCUT2D eigenvalue weighted by Crippen LogP contribution is 2.21. The summed E-state index contributed by atoms with van der Waals surface area (Å²) in [7, 11) is 0. The summed E-state index contributed by atoms with van der Waals surface area (Å²) >= 11 is 1.40. The van der Waals surface area contributed by atoms with Gasteiger partial charge < -0.3 is 14.9 Å². The predicted molar refractivity (Wildman–Crippen MR) is 103 cm³/mol. The third-order valence-corrected chi connectivity index (χ3v) is 5.30. The summed E-state index contributed by atoms with van der Waals surface area (Å²) < 4.78 is 1.91. The molecule has 0 bridgehead atoms. The number of amides is 1. The number of aryl methyl sites for hydroxylation is 2. The number of carbonyl (C=O) groups excluding carboxylic acids is 1. The van der Waals surface area contributed by atoms with Gasteiger partial charge in [-0.15, -0.1) is 0 Å². The number of nitrogens with one attached hydrogen (secondary N) is 2. The van der Waals surface area contributed by atoms with Crippen molar-refractivity contribution >= 4 is 28.3 Å². The Kier molecular flexibility index (Phi) is 4.53. The lowest BCUT2D eigenvalue weighted by Crippen LogP contribution is -2.24. The van der Waals surface area contributed by atoms with Gasteiger partial charge in [-0.05, 0) is 37.6 Å². The molecule has 132 valence electrons. The largest absolute Gasteiger partial charge is 0.351 e. The molecule has 7 heteroatoms. The number of rotatable bonds is 6. The van der Waals surface area contributed by atoms with Crippen molar-refractivity contribution in [1.82, 2.24) is 24.8 Å². The van der Waals surface area contributed by atoms with Gasteiger partial charge in [0.1, 0.15) is 10.7 Å². The first-order valence-electron chi connectivity index (χ1n) is 8.53. The third kappa shape index (κ3) is 3.39. The van der Waals surface area contributed by atoms with Crippen molar-refractivity contribution in [3.63, 3.8) is 0 Å². The van der Waals surface area contributed by atoms with E-state index in [1.54, 1.807) is 0 Å². The number of imidazole rings is 1. The van der Waals surface area contributed by atoms with Gasteiger partial charge in [-0.3, -0.25) is 4.79 Å². The number of fused-ring (bicyclic) bond motifs is 1. The molecule has 0 atom stereocenters. The summed E-state index contributed by atoms with van der Waals surface area (Å²) in [6.45, 7) is 2.47. The van der Waals surface area contributed by atoms with E-state index < -0.39 is 0 Å². The van der Waals surface area contributed by atoms with E-state index in [-0.39, 0.29) is 5.91 Å². The van der Waals surface area contributed by atoms with Crippen LogP contribution in [0.3, 0.4) is 0 Å². The van der Waals surface area contributed by atoms with Gasteiger partial charge in [0, 0.05) is 25.4 Å². The maximum Gasteiger partial charge on any atom is 0.263 e. The van der Waals surface area contributed by atoms with Crippen LogP contribution in [0, 0.1) is 6.92 Å². The molecular weight excluding hydrogens is 346 g/mol. The summed E-state index contributed by atoms with van der Waals surface area (Å²) in [5, 5.41) is 3.79. The maximum absolute atomic E-state index is 12.4. The van der Waals surface area contributed by atoms with Crippen molar-refractivity contribution in [2.24, 2.45) is 0 Å². The molecule has 3 heterocycles. The highest BCUT2D eigenvalue weighted by molar-refractivity contribution is 7.16. The number of hydrogen-bond donors (Lipinski definition) is 2. The van der Waals surface area contributed by atoms with Crippen LogP contribution in [0.1, 0.15) is 27.6 Å². The molecule has 3 aromatic heterocycles. The molecule has 2 N–H and O–H groups in total. The number of aromatic nitrogens is 4. The van der Waals surface area contributed by atoms with Crippen LogP contribution in [-0.4, -0.2) is 32.0 Å². The van der Waals surface area contributed by atoms with Crippen molar-refractivity contribution in [3.8, 4) is 5.13 Å². The zero-order valence-electron chi connectivity index (χ0n) is 14.4. The van der Waals surface area contributed by atoms with E-state index in [2.05, 4.69) is 20.3 Å². The van der Waals surface area contributed by atoms with E-state index in [1.807, 2.05) is 60.3 Å². The second kappa shape index (κ2) is 7.13. The van der Waals surface area contributed by atoms with Gasteiger partial charge in [-0.1, -0.05) is 23.5 Å². The minimum atomic E-state index is -0.0667. The Morgan fingerprint density at radius 1 is 1.19 bits per heavy atom. The first kappa shape index (κ1) is 16.5. The molecule has 4 aromatic rings. The molecule has 6 nitrogen and oxygen atoms in total. The van der Waals surface area contributed by atoms with Crippen LogP contribution in [0.15, 0.2) is 48.8 Å². The Labute approximate surface area is 154 Å². The molecule has 0 radical (unpaired) electrons. The molecule has 0 saturated heterocycles. The first-order valence-corrected chi connectivity index (χ1v) is 9.35. The third-order valence-electron chi connectivity index (χ3n) is 4.13. The number of H-pyrrole nitrogens is 1. The molecule has 0 aliphatic heterocycles. The van der Waals surface area contributed by atoms with E-state index in [0.29, 0.717) is 11.4 Å². The molecule has 0 aliphatic rings. The molecule has 1 amide bonds. The van der Waals surface area contributed by atoms with Crippen molar-refractivity contribution in [2.45, 2.75) is 19.8 Å². The van der Waals surface area contributed by atoms with Gasteiger partial charge in [-0.2, -0.15) is 0 Å². The highest BCUT2D eigenvalue weighted by atomic mass is 32.1. The van der Waals surface area contributed by atoms with Crippen molar-refractivity contribution in [2.75, 3.05) is 6.54 Å². The van der Waals surface area contributed by atoms with E-state index in [0.717, 1.165) is 40.5 Å². The topological polar surface area (TPSA) is 75.6 Å². The quantitative estimate of drug-likeness (QED) is 0.514. The zero-order chi connectivity index (χ0) is 17.9. The number of thiazole rings is 1. The summed E-state index contributed by atoms with van der Waals surface area (Å²) in [4.78, 5) is 25.4. The fourth-order valence-electron chi connectivity index (χ4n) is 2.83. The van der Waals surface area contributed by atoms with Gasteiger partial charge >= 0.3 is 0 Å². The van der Waals surface area contributed by atoms with E-state index >= 15 is 0 Å². The summed E-state index contributed by atoms with van der Waals surface area (Å²) in [6.07, 6.45) is 5.47. The average molecular weight is 365 g/mol. The minimum Gasteiger partial charge on any atom is -0.351 e. The van der Waals surface area contributed by atoms with Gasteiger partial charge in [0.15, 0.2) is 5.13 Å². The van der Waals surface area contributed by atoms with Crippen LogP contribution in [-0.2, 0) is 6.42 Å². The van der Waals surface area contributed by atoms with E-state index in [1.165, 1.54) is 11.3 Å². The van der Waals surface area contributed by atoms with Crippen molar-refractivity contribution in [3.05, 3.63) is 65.2 Å². The second-order valence-electron chi connectivity index (χ2n) is 6.06. The molecule has 0 fully saturated rings. The SMILES string of the molecule is Cc1nc(-n2cccc2)sc1C(=O)NCCCc1nc2ccccc2[nH]1. The molecule has 0 saturated carbocycles. The zero-order valence-corrected chi connectivity index (χ0v) is 15.2. The summed E-state index contributed by atoms with van der Waals surface area (Å²) in [5.41, 5.74) is 2.78. The number of hydrogen-bond acceptors (Lipinski definition) is 4. The maximum atomic E-state index is 12.4. The van der Waals surface area contributed by atoms with Crippen LogP contribution < -0.4 is 5.32 Å². The Morgan fingerprint density at radius 3 is 2.81 bits per heavy atom. The molecule has 0 spiro atoms. The molecule has 1 aromatic carbocycles. The summed E-state index contributed by atoms with van der Waals surface area (Å²) in [6, 6.07) is 11.9. The monoisotopic (exact) mass is 365 g/mol.